The third kappa shape index (κ3) is 7.48. The molecule has 4 aliphatic rings. The summed E-state index contributed by atoms with van der Waals surface area (Å²) in [5.74, 6) is 1.34. The molecule has 0 aromatic heterocycles. The topological polar surface area (TPSA) is 89.9 Å². The Kier molecular flexibility index (Phi) is 11.1. The number of fused-ring (bicyclic) bond motifs is 8. The molecule has 280 valence electrons. The lowest BCUT2D eigenvalue weighted by Gasteiger charge is -2.39. The first kappa shape index (κ1) is 38.2. The highest BCUT2D eigenvalue weighted by atomic mass is 35.5. The summed E-state index contributed by atoms with van der Waals surface area (Å²) in [6.07, 6.45) is 6.53. The number of hydrogen-bond acceptors (Lipinski definition) is 9. The fraction of sp³-hybridized carbons (Fsp3) is 0.357. The van der Waals surface area contributed by atoms with Crippen molar-refractivity contribution in [3.63, 3.8) is 0 Å². The zero-order chi connectivity index (χ0) is 36.7. The molecule has 2 unspecified atom stereocenters. The molecule has 4 aromatic rings. The van der Waals surface area contributed by atoms with E-state index in [0.717, 1.165) is 37.4 Å². The van der Waals surface area contributed by atoms with Crippen LogP contribution in [0.4, 0.5) is 11.4 Å². The highest BCUT2D eigenvalue weighted by molar-refractivity contribution is 6.31. The van der Waals surface area contributed by atoms with Gasteiger partial charge in [-0.2, -0.15) is 0 Å². The second-order valence-corrected chi connectivity index (χ2v) is 14.8. The third-order valence-corrected chi connectivity index (χ3v) is 10.2. The summed E-state index contributed by atoms with van der Waals surface area (Å²) in [6.45, 7) is 6.13. The number of halogens is 2. The molecule has 0 aliphatic carbocycles. The van der Waals surface area contributed by atoms with Gasteiger partial charge in [0.15, 0.2) is 17.3 Å². The van der Waals surface area contributed by atoms with Crippen molar-refractivity contribution in [2.24, 2.45) is 0 Å². The summed E-state index contributed by atoms with van der Waals surface area (Å²) in [7, 11) is 7.33. The van der Waals surface area contributed by atoms with Gasteiger partial charge in [-0.3, -0.25) is 4.79 Å². The summed E-state index contributed by atoms with van der Waals surface area (Å²) < 4.78 is 28.8. The zero-order valence-electron chi connectivity index (χ0n) is 30.9. The van der Waals surface area contributed by atoms with E-state index in [-0.39, 0.29) is 36.1 Å². The number of aryl methyl sites for hydroxylation is 2. The summed E-state index contributed by atoms with van der Waals surface area (Å²) in [5.41, 5.74) is 6.36. The smallest absolute Gasteiger partial charge is 0.181 e. The standard InChI is InChI=1S/C23H22O7.C19H23ClN2.ClH/c1-23(2)6-5-11-15(30-23)8-13(24)20-21(25)19-12-7-16(26-3)17(27-4)9-14(12)28-10-18(19)29-22(11)20;1-21(2)12-5-13-22-18-7-4-3-6-15(18)8-9-16-10-11-17(20)14-19(16)22;/h5-9,18-19,24H,10H2,1-4H3;3-4,6-7,10-11,14H,5,8-9,12-13H2,1-2H3;1H. The fourth-order valence-electron chi connectivity index (χ4n) is 7.44. The van der Waals surface area contributed by atoms with Crippen molar-refractivity contribution in [2.45, 2.75) is 50.7 Å². The van der Waals surface area contributed by atoms with E-state index in [1.165, 1.54) is 35.7 Å². The zero-order valence-corrected chi connectivity index (χ0v) is 32.5. The molecule has 11 heteroatoms. The molecular weight excluding hydrogens is 715 g/mol. The van der Waals surface area contributed by atoms with Crippen LogP contribution < -0.4 is 28.6 Å². The number of carbonyl (C=O) groups is 1. The van der Waals surface area contributed by atoms with E-state index >= 15 is 0 Å². The highest BCUT2D eigenvalue weighted by Gasteiger charge is 2.46. The number of phenolic OH excluding ortho intramolecular Hbond substituents is 1. The van der Waals surface area contributed by atoms with E-state index in [2.05, 4.69) is 60.3 Å². The Hall–Kier alpha value is -4.57. The summed E-state index contributed by atoms with van der Waals surface area (Å²) in [5, 5.41) is 11.5. The minimum absolute atomic E-state index is 0. The number of anilines is 2. The van der Waals surface area contributed by atoms with Crippen molar-refractivity contribution in [3.8, 4) is 34.5 Å². The van der Waals surface area contributed by atoms with Crippen molar-refractivity contribution in [2.75, 3.05) is 52.9 Å². The second-order valence-electron chi connectivity index (χ2n) is 14.3. The number of Topliss-reactive ketones (excluding diaryl/α,β-unsaturated/α-hetero) is 1. The number of methoxy groups -OCH3 is 2. The van der Waals surface area contributed by atoms with Crippen LogP contribution in [0.5, 0.6) is 34.5 Å². The second kappa shape index (κ2) is 15.4. The van der Waals surface area contributed by atoms with Gasteiger partial charge in [-0.15, -0.1) is 12.4 Å². The lowest BCUT2D eigenvalue weighted by molar-refractivity contribution is 0.0547. The van der Waals surface area contributed by atoms with Gasteiger partial charge in [0.2, 0.25) is 0 Å². The van der Waals surface area contributed by atoms with Crippen LogP contribution in [-0.4, -0.2) is 75.5 Å². The lowest BCUT2D eigenvalue weighted by atomic mass is 9.80. The molecule has 8 rings (SSSR count). The van der Waals surface area contributed by atoms with E-state index in [1.807, 2.05) is 32.1 Å². The van der Waals surface area contributed by atoms with Gasteiger partial charge in [0, 0.05) is 40.6 Å². The van der Waals surface area contributed by atoms with Gasteiger partial charge in [0.25, 0.3) is 0 Å². The Labute approximate surface area is 322 Å². The average molecular weight is 762 g/mol. The van der Waals surface area contributed by atoms with Gasteiger partial charge in [-0.25, -0.2) is 0 Å². The monoisotopic (exact) mass is 760 g/mol. The normalized spacial score (nSPS) is 18.3. The number of ketones is 1. The van der Waals surface area contributed by atoms with Gasteiger partial charge in [0.1, 0.15) is 46.9 Å². The van der Waals surface area contributed by atoms with Gasteiger partial charge in [0.05, 0.1) is 25.7 Å². The van der Waals surface area contributed by atoms with Crippen LogP contribution >= 0.6 is 24.0 Å². The molecule has 1 N–H and O–H groups in total. The van der Waals surface area contributed by atoms with E-state index in [1.54, 1.807) is 19.2 Å². The number of rotatable bonds is 6. The van der Waals surface area contributed by atoms with E-state index in [4.69, 9.17) is 35.3 Å². The van der Waals surface area contributed by atoms with Gasteiger partial charge < -0.3 is 38.6 Å². The molecule has 2 atom stereocenters. The summed E-state index contributed by atoms with van der Waals surface area (Å²) in [6, 6.07) is 20.0. The maximum Gasteiger partial charge on any atom is 0.181 e. The maximum absolute atomic E-state index is 13.6. The molecule has 0 spiro atoms. The minimum Gasteiger partial charge on any atom is -0.507 e. The van der Waals surface area contributed by atoms with Crippen LogP contribution in [0.2, 0.25) is 5.02 Å². The Morgan fingerprint density at radius 2 is 1.68 bits per heavy atom. The largest absolute Gasteiger partial charge is 0.507 e. The Bertz CT molecular complexity index is 2050. The van der Waals surface area contributed by atoms with Crippen molar-refractivity contribution < 1.29 is 33.6 Å². The molecule has 4 aromatic carbocycles. The van der Waals surface area contributed by atoms with Crippen molar-refractivity contribution >= 4 is 47.2 Å². The first-order chi connectivity index (χ1) is 25.0. The van der Waals surface area contributed by atoms with E-state index in [9.17, 15) is 9.90 Å². The fourth-order valence-corrected chi connectivity index (χ4v) is 7.61. The van der Waals surface area contributed by atoms with Crippen LogP contribution in [0.3, 0.4) is 0 Å². The molecule has 0 saturated heterocycles. The number of para-hydroxylation sites is 1. The summed E-state index contributed by atoms with van der Waals surface area (Å²) in [4.78, 5) is 18.3. The molecule has 0 amide bonds. The predicted molar refractivity (Wildman–Crippen MR) is 211 cm³/mol. The Morgan fingerprint density at radius 3 is 2.42 bits per heavy atom. The lowest BCUT2D eigenvalue weighted by Crippen LogP contribution is -2.43. The van der Waals surface area contributed by atoms with Crippen molar-refractivity contribution in [1.29, 1.82) is 0 Å². The number of benzene rings is 4. The molecule has 0 radical (unpaired) electrons. The van der Waals surface area contributed by atoms with Crippen LogP contribution in [-0.2, 0) is 12.8 Å². The van der Waals surface area contributed by atoms with Crippen molar-refractivity contribution in [1.82, 2.24) is 4.90 Å². The molecule has 4 heterocycles. The molecule has 0 saturated carbocycles. The first-order valence-electron chi connectivity index (χ1n) is 17.6. The molecule has 9 nitrogen and oxygen atoms in total. The molecule has 0 bridgehead atoms. The quantitative estimate of drug-likeness (QED) is 0.207. The number of phenols is 1. The number of hydrogen-bond donors (Lipinski definition) is 1. The van der Waals surface area contributed by atoms with E-state index < -0.39 is 17.6 Å². The predicted octanol–water partition coefficient (Wildman–Crippen LogP) is 8.66. The van der Waals surface area contributed by atoms with Crippen molar-refractivity contribution in [3.05, 3.63) is 99.6 Å². The average Bonchev–Trinajstić information content (AvgIpc) is 3.26. The van der Waals surface area contributed by atoms with E-state index in [0.29, 0.717) is 39.9 Å². The molecule has 0 fully saturated rings. The number of nitrogens with zero attached hydrogens (tertiary/aromatic N) is 2. The SMILES string of the molecule is CN(C)CCCN1c2ccccc2CCc2ccc(Cl)cc21.COc1cc2c(cc1OC)C1C(=O)c3c(O)cc4c(c3OC1CO2)C=CC(C)(C)O4.Cl. The van der Waals surface area contributed by atoms with Gasteiger partial charge in [-0.1, -0.05) is 35.9 Å². The summed E-state index contributed by atoms with van der Waals surface area (Å²) >= 11 is 6.27. The molecular formula is C42H46Cl2N2O7. The molecule has 53 heavy (non-hydrogen) atoms. The Morgan fingerprint density at radius 1 is 0.962 bits per heavy atom. The number of carbonyl (C=O) groups excluding carboxylic acids is 1. The van der Waals surface area contributed by atoms with Crippen LogP contribution in [0.1, 0.15) is 58.8 Å². The first-order valence-corrected chi connectivity index (χ1v) is 18.0. The third-order valence-electron chi connectivity index (χ3n) is 9.98. The van der Waals surface area contributed by atoms with Crippen LogP contribution in [0, 0.1) is 0 Å². The highest BCUT2D eigenvalue weighted by Crippen LogP contribution is 2.52. The van der Waals surface area contributed by atoms with Gasteiger partial charge >= 0.3 is 0 Å². The maximum atomic E-state index is 13.6. The minimum atomic E-state index is -0.630. The van der Waals surface area contributed by atoms with Crippen LogP contribution in [0.25, 0.3) is 6.08 Å². The van der Waals surface area contributed by atoms with Gasteiger partial charge in [-0.05, 0) is 101 Å². The number of aromatic hydroxyl groups is 1. The number of ether oxygens (including phenoxy) is 5. The Balaban J connectivity index is 0.000000187. The molecule has 4 aliphatic heterocycles. The van der Waals surface area contributed by atoms with Crippen LogP contribution in [0.15, 0.2) is 66.7 Å².